The van der Waals surface area contributed by atoms with E-state index >= 15 is 0 Å². The molecule has 18 heavy (non-hydrogen) atoms. The van der Waals surface area contributed by atoms with E-state index in [1.165, 1.54) is 19.3 Å². The summed E-state index contributed by atoms with van der Waals surface area (Å²) >= 11 is 0. The maximum atomic E-state index is 12.3. The van der Waals surface area contributed by atoms with Gasteiger partial charge >= 0.3 is 0 Å². The van der Waals surface area contributed by atoms with E-state index in [9.17, 15) is 4.79 Å². The van der Waals surface area contributed by atoms with Crippen molar-refractivity contribution in [2.24, 2.45) is 17.3 Å². The lowest BCUT2D eigenvalue weighted by Crippen LogP contribution is -2.52. The molecule has 0 radical (unpaired) electrons. The van der Waals surface area contributed by atoms with Crippen LogP contribution in [0.15, 0.2) is 0 Å². The monoisotopic (exact) mass is 274 g/mol. The van der Waals surface area contributed by atoms with Crippen molar-refractivity contribution in [1.82, 2.24) is 10.2 Å². The van der Waals surface area contributed by atoms with Crippen molar-refractivity contribution in [2.45, 2.75) is 40.0 Å². The number of rotatable bonds is 3. The van der Waals surface area contributed by atoms with Crippen LogP contribution in [0.2, 0.25) is 0 Å². The molecule has 1 atom stereocenters. The van der Waals surface area contributed by atoms with Gasteiger partial charge in [0, 0.05) is 19.0 Å². The number of hydrogen-bond acceptors (Lipinski definition) is 2. The maximum absolute atomic E-state index is 12.3. The number of carbonyl (C=O) groups is 1. The van der Waals surface area contributed by atoms with E-state index in [2.05, 4.69) is 31.0 Å². The Morgan fingerprint density at radius 3 is 2.33 bits per heavy atom. The van der Waals surface area contributed by atoms with Crippen molar-refractivity contribution in [3.8, 4) is 0 Å². The molecule has 1 N–H and O–H groups in total. The molecule has 1 amide bonds. The third kappa shape index (κ3) is 3.18. The molecule has 0 aliphatic carbocycles. The third-order valence-corrected chi connectivity index (χ3v) is 5.05. The first-order valence-electron chi connectivity index (χ1n) is 7.05. The first-order valence-corrected chi connectivity index (χ1v) is 7.05. The molecule has 4 heteroatoms. The van der Waals surface area contributed by atoms with Crippen LogP contribution in [0, 0.1) is 17.3 Å². The van der Waals surface area contributed by atoms with Gasteiger partial charge < -0.3 is 10.2 Å². The minimum absolute atomic E-state index is 0. The van der Waals surface area contributed by atoms with Crippen LogP contribution < -0.4 is 5.32 Å². The molecule has 0 saturated carbocycles. The summed E-state index contributed by atoms with van der Waals surface area (Å²) in [6.45, 7) is 10.7. The second-order valence-electron chi connectivity index (χ2n) is 6.20. The van der Waals surface area contributed by atoms with Gasteiger partial charge in [0.2, 0.25) is 5.91 Å². The fourth-order valence-corrected chi connectivity index (χ4v) is 2.77. The Morgan fingerprint density at radius 2 is 1.94 bits per heavy atom. The van der Waals surface area contributed by atoms with E-state index < -0.39 is 0 Å². The normalized spacial score (nSPS) is 24.9. The van der Waals surface area contributed by atoms with Crippen LogP contribution in [0.25, 0.3) is 0 Å². The number of hydrogen-bond donors (Lipinski definition) is 1. The Labute approximate surface area is 117 Å². The Bertz CT molecular complexity index is 284. The molecule has 2 fully saturated rings. The van der Waals surface area contributed by atoms with Crippen LogP contribution in [0.4, 0.5) is 0 Å². The van der Waals surface area contributed by atoms with Gasteiger partial charge in [-0.1, -0.05) is 27.2 Å². The van der Waals surface area contributed by atoms with Gasteiger partial charge in [0.15, 0.2) is 0 Å². The summed E-state index contributed by atoms with van der Waals surface area (Å²) in [4.78, 5) is 14.4. The Kier molecular flexibility index (Phi) is 5.47. The highest BCUT2D eigenvalue weighted by Crippen LogP contribution is 2.34. The Morgan fingerprint density at radius 1 is 1.39 bits per heavy atom. The molecule has 2 heterocycles. The molecule has 2 rings (SSSR count). The number of piperidine rings is 1. The molecule has 2 aliphatic heterocycles. The molecular weight excluding hydrogens is 248 g/mol. The first-order chi connectivity index (χ1) is 8.06. The molecule has 106 valence electrons. The van der Waals surface area contributed by atoms with E-state index in [4.69, 9.17) is 0 Å². The Hall–Kier alpha value is -0.280. The van der Waals surface area contributed by atoms with Crippen LogP contribution in [-0.2, 0) is 4.79 Å². The lowest BCUT2D eigenvalue weighted by Gasteiger charge is -2.41. The SMILES string of the molecule is CCC1(C)CCN(C(=O)C(C)C2CNC2)CC1.Cl. The summed E-state index contributed by atoms with van der Waals surface area (Å²) in [6, 6.07) is 0. The van der Waals surface area contributed by atoms with Gasteiger partial charge in [-0.15, -0.1) is 12.4 Å². The van der Waals surface area contributed by atoms with Gasteiger partial charge in [0.1, 0.15) is 0 Å². The maximum Gasteiger partial charge on any atom is 0.225 e. The predicted molar refractivity (Wildman–Crippen MR) is 77.0 cm³/mol. The zero-order valence-corrected chi connectivity index (χ0v) is 12.7. The average Bonchev–Trinajstić information content (AvgIpc) is 2.27. The molecule has 0 aromatic carbocycles. The zero-order valence-electron chi connectivity index (χ0n) is 11.9. The van der Waals surface area contributed by atoms with E-state index in [1.54, 1.807) is 0 Å². The predicted octanol–water partition coefficient (Wildman–Crippen LogP) is 2.30. The van der Waals surface area contributed by atoms with E-state index in [1.807, 2.05) is 0 Å². The smallest absolute Gasteiger partial charge is 0.225 e. The molecule has 2 aliphatic rings. The van der Waals surface area contributed by atoms with Crippen LogP contribution in [0.5, 0.6) is 0 Å². The molecule has 0 aromatic heterocycles. The zero-order chi connectivity index (χ0) is 12.5. The number of likely N-dealkylation sites (tertiary alicyclic amines) is 1. The average molecular weight is 275 g/mol. The summed E-state index contributed by atoms with van der Waals surface area (Å²) in [5, 5.41) is 3.25. The highest BCUT2D eigenvalue weighted by molar-refractivity contribution is 5.85. The van der Waals surface area contributed by atoms with Crippen LogP contribution in [0.1, 0.15) is 40.0 Å². The van der Waals surface area contributed by atoms with Crippen molar-refractivity contribution in [2.75, 3.05) is 26.2 Å². The molecule has 0 aromatic rings. The molecule has 1 unspecified atom stereocenters. The van der Waals surface area contributed by atoms with Crippen molar-refractivity contribution in [1.29, 1.82) is 0 Å². The van der Waals surface area contributed by atoms with Gasteiger partial charge in [0.25, 0.3) is 0 Å². The minimum atomic E-state index is 0. The molecule has 0 spiro atoms. The second kappa shape index (κ2) is 6.25. The van der Waals surface area contributed by atoms with Crippen molar-refractivity contribution in [3.63, 3.8) is 0 Å². The van der Waals surface area contributed by atoms with Crippen molar-refractivity contribution >= 4 is 18.3 Å². The molecule has 3 nitrogen and oxygen atoms in total. The standard InChI is InChI=1S/C14H26N2O.ClH/c1-4-14(3)5-7-16(8-6-14)13(17)11(2)12-9-15-10-12;/h11-12,15H,4-10H2,1-3H3;1H. The van der Waals surface area contributed by atoms with Gasteiger partial charge in [-0.25, -0.2) is 0 Å². The van der Waals surface area contributed by atoms with Gasteiger partial charge in [0.05, 0.1) is 0 Å². The van der Waals surface area contributed by atoms with Crippen molar-refractivity contribution < 1.29 is 4.79 Å². The highest BCUT2D eigenvalue weighted by Gasteiger charge is 2.35. The topological polar surface area (TPSA) is 32.3 Å². The fourth-order valence-electron chi connectivity index (χ4n) is 2.77. The van der Waals surface area contributed by atoms with Gasteiger partial charge in [-0.05, 0) is 37.3 Å². The third-order valence-electron chi connectivity index (χ3n) is 5.05. The lowest BCUT2D eigenvalue weighted by atomic mass is 9.77. The summed E-state index contributed by atoms with van der Waals surface area (Å²) in [6.07, 6.45) is 3.58. The summed E-state index contributed by atoms with van der Waals surface area (Å²) < 4.78 is 0. The number of nitrogens with zero attached hydrogens (tertiary/aromatic N) is 1. The van der Waals surface area contributed by atoms with Crippen LogP contribution in [-0.4, -0.2) is 37.0 Å². The molecular formula is C14H27ClN2O. The van der Waals surface area contributed by atoms with Gasteiger partial charge in [-0.3, -0.25) is 4.79 Å². The molecule has 2 saturated heterocycles. The van der Waals surface area contributed by atoms with Crippen LogP contribution in [0.3, 0.4) is 0 Å². The summed E-state index contributed by atoms with van der Waals surface area (Å²) in [5.74, 6) is 1.17. The van der Waals surface area contributed by atoms with Gasteiger partial charge in [-0.2, -0.15) is 0 Å². The molecule has 0 bridgehead atoms. The number of halogens is 1. The first kappa shape index (κ1) is 15.8. The van der Waals surface area contributed by atoms with Crippen LogP contribution >= 0.6 is 12.4 Å². The minimum Gasteiger partial charge on any atom is -0.342 e. The quantitative estimate of drug-likeness (QED) is 0.857. The fraction of sp³-hybridized carbons (Fsp3) is 0.929. The summed E-state index contributed by atoms with van der Waals surface area (Å²) in [5.41, 5.74) is 0.470. The summed E-state index contributed by atoms with van der Waals surface area (Å²) in [7, 11) is 0. The highest BCUT2D eigenvalue weighted by atomic mass is 35.5. The van der Waals surface area contributed by atoms with Crippen molar-refractivity contribution in [3.05, 3.63) is 0 Å². The number of carbonyl (C=O) groups excluding carboxylic acids is 1. The van der Waals surface area contributed by atoms with E-state index in [0.717, 1.165) is 26.2 Å². The number of amides is 1. The largest absolute Gasteiger partial charge is 0.342 e. The van der Waals surface area contributed by atoms with E-state index in [0.29, 0.717) is 17.2 Å². The number of nitrogens with one attached hydrogen (secondary N) is 1. The van der Waals surface area contributed by atoms with E-state index in [-0.39, 0.29) is 18.3 Å². The lowest BCUT2D eigenvalue weighted by molar-refractivity contribution is -0.139. The Balaban J connectivity index is 0.00000162. The second-order valence-corrected chi connectivity index (χ2v) is 6.20.